The van der Waals surface area contributed by atoms with E-state index in [-0.39, 0.29) is 18.4 Å². The van der Waals surface area contributed by atoms with Gasteiger partial charge in [0.1, 0.15) is 4.60 Å². The van der Waals surface area contributed by atoms with Crippen LogP contribution in [-0.4, -0.2) is 28.6 Å². The molecule has 100 valence electrons. The molecule has 0 aliphatic carbocycles. The summed E-state index contributed by atoms with van der Waals surface area (Å²) in [6, 6.07) is 3.50. The molecule has 0 saturated heterocycles. The van der Waals surface area contributed by atoms with Gasteiger partial charge in [-0.2, -0.15) is 0 Å². The van der Waals surface area contributed by atoms with Gasteiger partial charge < -0.3 is 10.4 Å². The van der Waals surface area contributed by atoms with Gasteiger partial charge in [-0.25, -0.2) is 4.98 Å². The molecule has 2 atom stereocenters. The van der Waals surface area contributed by atoms with E-state index in [1.807, 2.05) is 20.8 Å². The van der Waals surface area contributed by atoms with Crippen LogP contribution in [-0.2, 0) is 0 Å². The lowest BCUT2D eigenvalue weighted by molar-refractivity contribution is 0.0849. The number of aryl methyl sites for hydroxylation is 1. The standard InChI is InChI=1S/C13H19BrN2O2/c1-4-8(2)11(17)7-15-13(18)10-6-5-9(3)16-12(10)14/h5-6,8,11,17H,4,7H2,1-3H3,(H,15,18). The summed E-state index contributed by atoms with van der Waals surface area (Å²) in [4.78, 5) is 16.1. The summed E-state index contributed by atoms with van der Waals surface area (Å²) in [6.07, 6.45) is 0.364. The van der Waals surface area contributed by atoms with Crippen molar-refractivity contribution in [2.75, 3.05) is 6.54 Å². The fourth-order valence-electron chi connectivity index (χ4n) is 1.46. The van der Waals surface area contributed by atoms with Gasteiger partial charge in [0.2, 0.25) is 0 Å². The van der Waals surface area contributed by atoms with Crippen molar-refractivity contribution < 1.29 is 9.90 Å². The van der Waals surface area contributed by atoms with Crippen LogP contribution in [0.1, 0.15) is 36.3 Å². The highest BCUT2D eigenvalue weighted by Gasteiger charge is 2.15. The number of nitrogens with zero attached hydrogens (tertiary/aromatic N) is 1. The van der Waals surface area contributed by atoms with Gasteiger partial charge in [-0.1, -0.05) is 20.3 Å². The average Bonchev–Trinajstić information content (AvgIpc) is 2.34. The first-order valence-corrected chi connectivity index (χ1v) is 6.84. The van der Waals surface area contributed by atoms with E-state index in [1.54, 1.807) is 12.1 Å². The number of nitrogens with one attached hydrogen (secondary N) is 1. The Morgan fingerprint density at radius 1 is 1.56 bits per heavy atom. The van der Waals surface area contributed by atoms with Crippen LogP contribution >= 0.6 is 15.9 Å². The van der Waals surface area contributed by atoms with E-state index in [9.17, 15) is 9.90 Å². The summed E-state index contributed by atoms with van der Waals surface area (Å²) in [5, 5.41) is 12.5. The molecule has 2 N–H and O–H groups in total. The number of pyridine rings is 1. The van der Waals surface area contributed by atoms with Crippen LogP contribution < -0.4 is 5.32 Å². The summed E-state index contributed by atoms with van der Waals surface area (Å²) >= 11 is 3.26. The van der Waals surface area contributed by atoms with Gasteiger partial charge in [0.05, 0.1) is 11.7 Å². The number of halogens is 1. The van der Waals surface area contributed by atoms with Gasteiger partial charge in [-0.05, 0) is 40.9 Å². The summed E-state index contributed by atoms with van der Waals surface area (Å²) in [7, 11) is 0. The van der Waals surface area contributed by atoms with Crippen molar-refractivity contribution in [2.24, 2.45) is 5.92 Å². The SMILES string of the molecule is CCC(C)C(O)CNC(=O)c1ccc(C)nc1Br. The fourth-order valence-corrected chi connectivity index (χ4v) is 2.05. The van der Waals surface area contributed by atoms with Crippen LogP contribution in [0.25, 0.3) is 0 Å². The molecule has 0 aliphatic heterocycles. The monoisotopic (exact) mass is 314 g/mol. The highest BCUT2D eigenvalue weighted by molar-refractivity contribution is 9.10. The molecule has 1 amide bonds. The van der Waals surface area contributed by atoms with E-state index in [1.165, 1.54) is 0 Å². The molecule has 0 fully saturated rings. The van der Waals surface area contributed by atoms with Crippen molar-refractivity contribution in [2.45, 2.75) is 33.3 Å². The molecule has 1 heterocycles. The summed E-state index contributed by atoms with van der Waals surface area (Å²) in [6.45, 7) is 6.09. The molecule has 18 heavy (non-hydrogen) atoms. The van der Waals surface area contributed by atoms with Crippen molar-refractivity contribution in [3.05, 3.63) is 28.0 Å². The minimum Gasteiger partial charge on any atom is -0.391 e. The molecule has 1 rings (SSSR count). The van der Waals surface area contributed by atoms with Crippen LogP contribution in [0.15, 0.2) is 16.7 Å². The fraction of sp³-hybridized carbons (Fsp3) is 0.538. The smallest absolute Gasteiger partial charge is 0.254 e. The summed E-state index contributed by atoms with van der Waals surface area (Å²) in [5.41, 5.74) is 1.33. The molecule has 0 bridgehead atoms. The van der Waals surface area contributed by atoms with Crippen LogP contribution in [0.3, 0.4) is 0 Å². The minimum absolute atomic E-state index is 0.171. The Labute approximate surface area is 116 Å². The van der Waals surface area contributed by atoms with E-state index < -0.39 is 6.10 Å². The number of carbonyl (C=O) groups is 1. The number of hydrogen-bond donors (Lipinski definition) is 2. The third-order valence-corrected chi connectivity index (χ3v) is 3.61. The highest BCUT2D eigenvalue weighted by atomic mass is 79.9. The maximum absolute atomic E-state index is 11.9. The van der Waals surface area contributed by atoms with Gasteiger partial charge in [-0.3, -0.25) is 4.79 Å². The number of hydrogen-bond acceptors (Lipinski definition) is 3. The van der Waals surface area contributed by atoms with Gasteiger partial charge in [-0.15, -0.1) is 0 Å². The first-order valence-electron chi connectivity index (χ1n) is 6.05. The highest BCUT2D eigenvalue weighted by Crippen LogP contribution is 2.14. The van der Waals surface area contributed by atoms with E-state index >= 15 is 0 Å². The molecule has 5 heteroatoms. The topological polar surface area (TPSA) is 62.2 Å². The lowest BCUT2D eigenvalue weighted by atomic mass is 10.0. The molecular weight excluding hydrogens is 296 g/mol. The molecule has 0 saturated carbocycles. The first-order chi connectivity index (χ1) is 8.45. The zero-order valence-corrected chi connectivity index (χ0v) is 12.5. The molecule has 0 radical (unpaired) electrons. The maximum Gasteiger partial charge on any atom is 0.254 e. The van der Waals surface area contributed by atoms with E-state index in [2.05, 4.69) is 26.2 Å². The molecule has 0 aliphatic rings. The third kappa shape index (κ3) is 4.07. The van der Waals surface area contributed by atoms with Gasteiger partial charge >= 0.3 is 0 Å². The molecule has 2 unspecified atom stereocenters. The number of rotatable bonds is 5. The largest absolute Gasteiger partial charge is 0.391 e. The second-order valence-corrected chi connectivity index (χ2v) is 5.21. The Morgan fingerprint density at radius 3 is 2.78 bits per heavy atom. The Morgan fingerprint density at radius 2 is 2.22 bits per heavy atom. The number of aromatic nitrogens is 1. The van der Waals surface area contributed by atoms with Crippen LogP contribution in [0.4, 0.5) is 0 Å². The second-order valence-electron chi connectivity index (χ2n) is 4.45. The van der Waals surface area contributed by atoms with Crippen molar-refractivity contribution in [3.63, 3.8) is 0 Å². The third-order valence-electron chi connectivity index (χ3n) is 3.01. The Hall–Kier alpha value is -0.940. The normalized spacial score (nSPS) is 14.1. The molecule has 0 aromatic carbocycles. The molecule has 1 aromatic heterocycles. The molecular formula is C13H19BrN2O2. The number of aliphatic hydroxyl groups is 1. The lowest BCUT2D eigenvalue weighted by Gasteiger charge is -2.17. The van der Waals surface area contributed by atoms with Crippen molar-refractivity contribution in [3.8, 4) is 0 Å². The van der Waals surface area contributed by atoms with E-state index in [0.717, 1.165) is 12.1 Å². The number of amides is 1. The van der Waals surface area contributed by atoms with Gasteiger partial charge in [0, 0.05) is 12.2 Å². The van der Waals surface area contributed by atoms with Crippen LogP contribution in [0.2, 0.25) is 0 Å². The van der Waals surface area contributed by atoms with Crippen molar-refractivity contribution in [1.82, 2.24) is 10.3 Å². The average molecular weight is 315 g/mol. The Kier molecular flexibility index (Phi) is 5.75. The minimum atomic E-state index is -0.517. The molecule has 0 spiro atoms. The quantitative estimate of drug-likeness (QED) is 0.820. The van der Waals surface area contributed by atoms with Gasteiger partial charge in [0.25, 0.3) is 5.91 Å². The summed E-state index contributed by atoms with van der Waals surface area (Å²) in [5.74, 6) is -0.0541. The van der Waals surface area contributed by atoms with E-state index in [0.29, 0.717) is 10.2 Å². The lowest BCUT2D eigenvalue weighted by Crippen LogP contribution is -2.35. The Balaban J connectivity index is 2.60. The van der Waals surface area contributed by atoms with Crippen molar-refractivity contribution >= 4 is 21.8 Å². The zero-order valence-electron chi connectivity index (χ0n) is 10.9. The molecule has 1 aromatic rings. The number of carbonyl (C=O) groups excluding carboxylic acids is 1. The Bertz CT molecular complexity index is 423. The predicted molar refractivity (Wildman–Crippen MR) is 74.5 cm³/mol. The van der Waals surface area contributed by atoms with Gasteiger partial charge in [0.15, 0.2) is 0 Å². The van der Waals surface area contributed by atoms with Crippen molar-refractivity contribution in [1.29, 1.82) is 0 Å². The van der Waals surface area contributed by atoms with Crippen LogP contribution in [0.5, 0.6) is 0 Å². The molecule has 4 nitrogen and oxygen atoms in total. The maximum atomic E-state index is 11.9. The first kappa shape index (κ1) is 15.1. The number of aliphatic hydroxyl groups excluding tert-OH is 1. The predicted octanol–water partition coefficient (Wildman–Crippen LogP) is 2.29. The second kappa shape index (κ2) is 6.85. The summed E-state index contributed by atoms with van der Waals surface area (Å²) < 4.78 is 0.526. The van der Waals surface area contributed by atoms with E-state index in [4.69, 9.17) is 0 Å². The van der Waals surface area contributed by atoms with Crippen LogP contribution in [0, 0.1) is 12.8 Å². The zero-order chi connectivity index (χ0) is 13.7.